The first-order chi connectivity index (χ1) is 15.7. The van der Waals surface area contributed by atoms with E-state index in [1.54, 1.807) is 54.6 Å². The molecule has 1 N–H and O–H groups in total. The van der Waals surface area contributed by atoms with Gasteiger partial charge in [0.05, 0.1) is 17.6 Å². The van der Waals surface area contributed by atoms with Gasteiger partial charge >= 0.3 is 5.97 Å². The van der Waals surface area contributed by atoms with Crippen LogP contribution in [0.1, 0.15) is 22.0 Å². The first-order valence-electron chi connectivity index (χ1n) is 9.96. The van der Waals surface area contributed by atoms with Crippen LogP contribution in [0.25, 0.3) is 0 Å². The van der Waals surface area contributed by atoms with Gasteiger partial charge in [0.2, 0.25) is 16.1 Å². The third-order valence-electron chi connectivity index (χ3n) is 4.77. The molecule has 172 valence electrons. The van der Waals surface area contributed by atoms with E-state index in [0.29, 0.717) is 17.0 Å². The van der Waals surface area contributed by atoms with Gasteiger partial charge in [0.15, 0.2) is 0 Å². The summed E-state index contributed by atoms with van der Waals surface area (Å²) < 4.78 is 36.3. The number of ether oxygens (including phenoxy) is 2. The second kappa shape index (κ2) is 10.3. The van der Waals surface area contributed by atoms with Crippen molar-refractivity contribution < 1.29 is 27.5 Å². The summed E-state index contributed by atoms with van der Waals surface area (Å²) in [6.07, 6.45) is -1.23. The molecule has 0 aromatic heterocycles. The minimum absolute atomic E-state index is 0.0411. The predicted molar refractivity (Wildman–Crippen MR) is 124 cm³/mol. The summed E-state index contributed by atoms with van der Waals surface area (Å²) in [5.41, 5.74) is 1.08. The number of rotatable bonds is 8. The van der Waals surface area contributed by atoms with E-state index in [0.717, 1.165) is 4.31 Å². The van der Waals surface area contributed by atoms with Gasteiger partial charge in [-0.25, -0.2) is 17.5 Å². The van der Waals surface area contributed by atoms with Crippen molar-refractivity contribution in [1.82, 2.24) is 4.31 Å². The quantitative estimate of drug-likeness (QED) is 0.508. The van der Waals surface area contributed by atoms with Crippen LogP contribution < -0.4 is 10.1 Å². The lowest BCUT2D eigenvalue weighted by Gasteiger charge is -2.18. The Kier molecular flexibility index (Phi) is 7.47. The maximum absolute atomic E-state index is 13.0. The summed E-state index contributed by atoms with van der Waals surface area (Å²) in [6.45, 7) is 0. The molecule has 0 aliphatic carbocycles. The number of amides is 1. The van der Waals surface area contributed by atoms with Gasteiger partial charge in [-0.1, -0.05) is 36.4 Å². The SMILES string of the molecule is COc1cccc(NC(=O)C(OC(=O)c2ccc(S(=O)(=O)N(C)C)cc2)c2ccccc2)c1. The van der Waals surface area contributed by atoms with E-state index in [1.165, 1.54) is 45.5 Å². The second-order valence-electron chi connectivity index (χ2n) is 7.23. The standard InChI is InChI=1S/C24H24N2O6S/c1-26(2)33(29,30)21-14-12-18(13-15-21)24(28)32-22(17-8-5-4-6-9-17)23(27)25-19-10-7-11-20(16-19)31-3/h4-16,22H,1-3H3,(H,25,27). The molecule has 0 saturated carbocycles. The first kappa shape index (κ1) is 24.0. The highest BCUT2D eigenvalue weighted by atomic mass is 32.2. The fourth-order valence-electron chi connectivity index (χ4n) is 2.96. The Balaban J connectivity index is 1.83. The van der Waals surface area contributed by atoms with Crippen LogP contribution >= 0.6 is 0 Å². The van der Waals surface area contributed by atoms with Crippen LogP contribution in [0.5, 0.6) is 5.75 Å². The number of methoxy groups -OCH3 is 1. The van der Waals surface area contributed by atoms with E-state index in [2.05, 4.69) is 5.32 Å². The van der Waals surface area contributed by atoms with Crippen molar-refractivity contribution in [3.63, 3.8) is 0 Å². The van der Waals surface area contributed by atoms with Crippen LogP contribution in [-0.4, -0.2) is 45.8 Å². The molecule has 1 unspecified atom stereocenters. The van der Waals surface area contributed by atoms with Gasteiger partial charge in [-0.2, -0.15) is 0 Å². The largest absolute Gasteiger partial charge is 0.497 e. The Morgan fingerprint density at radius 2 is 1.58 bits per heavy atom. The van der Waals surface area contributed by atoms with Crippen molar-refractivity contribution >= 4 is 27.6 Å². The smallest absolute Gasteiger partial charge is 0.339 e. The van der Waals surface area contributed by atoms with Crippen LogP contribution in [0.15, 0.2) is 83.8 Å². The lowest BCUT2D eigenvalue weighted by atomic mass is 10.1. The van der Waals surface area contributed by atoms with Gasteiger partial charge < -0.3 is 14.8 Å². The zero-order valence-electron chi connectivity index (χ0n) is 18.4. The number of carbonyl (C=O) groups excluding carboxylic acids is 2. The molecule has 0 heterocycles. The molecule has 8 nitrogen and oxygen atoms in total. The van der Waals surface area contributed by atoms with Crippen LogP contribution in [0, 0.1) is 0 Å². The Labute approximate surface area is 192 Å². The van der Waals surface area contributed by atoms with Crippen molar-refractivity contribution in [3.8, 4) is 5.75 Å². The predicted octanol–water partition coefficient (Wildman–Crippen LogP) is 3.48. The highest BCUT2D eigenvalue weighted by molar-refractivity contribution is 7.89. The van der Waals surface area contributed by atoms with Crippen LogP contribution in [0.4, 0.5) is 5.69 Å². The number of carbonyl (C=O) groups is 2. The number of benzene rings is 3. The Hall–Kier alpha value is -3.69. The van der Waals surface area contributed by atoms with Crippen molar-refractivity contribution in [2.24, 2.45) is 0 Å². The zero-order chi connectivity index (χ0) is 24.0. The molecule has 3 aromatic carbocycles. The average molecular weight is 469 g/mol. The van der Waals surface area contributed by atoms with Crippen LogP contribution in [0.3, 0.4) is 0 Å². The van der Waals surface area contributed by atoms with Crippen LogP contribution in [-0.2, 0) is 19.6 Å². The maximum atomic E-state index is 13.0. The summed E-state index contributed by atoms with van der Waals surface area (Å²) in [5.74, 6) is -0.748. The van der Waals surface area contributed by atoms with Gasteiger partial charge in [-0.15, -0.1) is 0 Å². The highest BCUT2D eigenvalue weighted by Crippen LogP contribution is 2.24. The number of nitrogens with one attached hydrogen (secondary N) is 1. The van der Waals surface area contributed by atoms with Gasteiger partial charge in [0.1, 0.15) is 5.75 Å². The minimum atomic E-state index is -3.63. The minimum Gasteiger partial charge on any atom is -0.497 e. The zero-order valence-corrected chi connectivity index (χ0v) is 19.2. The van der Waals surface area contributed by atoms with Crippen molar-refractivity contribution in [1.29, 1.82) is 0 Å². The molecule has 33 heavy (non-hydrogen) atoms. The van der Waals surface area contributed by atoms with Gasteiger partial charge in [-0.05, 0) is 36.4 Å². The summed E-state index contributed by atoms with van der Waals surface area (Å²) in [7, 11) is 0.725. The van der Waals surface area contributed by atoms with Gasteiger partial charge in [0, 0.05) is 31.4 Å². The molecule has 9 heteroatoms. The van der Waals surface area contributed by atoms with E-state index in [-0.39, 0.29) is 10.5 Å². The Morgan fingerprint density at radius 1 is 0.909 bits per heavy atom. The molecule has 3 rings (SSSR count). The number of hydrogen-bond acceptors (Lipinski definition) is 6. The van der Waals surface area contributed by atoms with Gasteiger partial charge in [-0.3, -0.25) is 4.79 Å². The Bertz CT molecular complexity index is 1230. The molecular formula is C24H24N2O6S. The molecule has 0 aliphatic heterocycles. The maximum Gasteiger partial charge on any atom is 0.339 e. The third kappa shape index (κ3) is 5.76. The summed E-state index contributed by atoms with van der Waals surface area (Å²) in [6, 6.07) is 20.7. The molecular weight excluding hydrogens is 444 g/mol. The first-order valence-corrected chi connectivity index (χ1v) is 11.4. The van der Waals surface area contributed by atoms with E-state index in [4.69, 9.17) is 9.47 Å². The summed E-state index contributed by atoms with van der Waals surface area (Å²) in [5, 5.41) is 2.73. The molecule has 0 spiro atoms. The molecule has 3 aromatic rings. The van der Waals surface area contributed by atoms with Crippen molar-refractivity contribution in [2.45, 2.75) is 11.0 Å². The number of nitrogens with zero attached hydrogens (tertiary/aromatic N) is 1. The average Bonchev–Trinajstić information content (AvgIpc) is 2.83. The number of esters is 1. The van der Waals surface area contributed by atoms with E-state index in [1.807, 2.05) is 0 Å². The monoisotopic (exact) mass is 468 g/mol. The number of sulfonamides is 1. The van der Waals surface area contributed by atoms with Crippen molar-refractivity contribution in [2.75, 3.05) is 26.5 Å². The topological polar surface area (TPSA) is 102 Å². The highest BCUT2D eigenvalue weighted by Gasteiger charge is 2.26. The summed E-state index contributed by atoms with van der Waals surface area (Å²) in [4.78, 5) is 25.9. The van der Waals surface area contributed by atoms with Crippen molar-refractivity contribution in [3.05, 3.63) is 90.0 Å². The normalized spacial score (nSPS) is 12.1. The molecule has 0 fully saturated rings. The lowest BCUT2D eigenvalue weighted by Crippen LogP contribution is -2.26. The lowest BCUT2D eigenvalue weighted by molar-refractivity contribution is -0.125. The van der Waals surface area contributed by atoms with Gasteiger partial charge in [0.25, 0.3) is 5.91 Å². The van der Waals surface area contributed by atoms with Crippen LogP contribution in [0.2, 0.25) is 0 Å². The fraction of sp³-hybridized carbons (Fsp3) is 0.167. The number of hydrogen-bond donors (Lipinski definition) is 1. The van der Waals surface area contributed by atoms with E-state index in [9.17, 15) is 18.0 Å². The molecule has 0 bridgehead atoms. The molecule has 1 atom stereocenters. The molecule has 1 amide bonds. The third-order valence-corrected chi connectivity index (χ3v) is 6.60. The fourth-order valence-corrected chi connectivity index (χ4v) is 3.86. The molecule has 0 saturated heterocycles. The summed E-state index contributed by atoms with van der Waals surface area (Å²) >= 11 is 0. The molecule has 0 radical (unpaired) electrons. The van der Waals surface area contributed by atoms with E-state index >= 15 is 0 Å². The second-order valence-corrected chi connectivity index (χ2v) is 9.38. The van der Waals surface area contributed by atoms with E-state index < -0.39 is 28.0 Å². The Morgan fingerprint density at radius 3 is 2.18 bits per heavy atom. The number of anilines is 1. The molecule has 0 aliphatic rings.